The minimum atomic E-state index is -0.177. The van der Waals surface area contributed by atoms with E-state index in [4.69, 9.17) is 9.47 Å². The predicted molar refractivity (Wildman–Crippen MR) is 70.4 cm³/mol. The zero-order valence-corrected chi connectivity index (χ0v) is 10.8. The molecule has 1 saturated carbocycles. The number of fused-ring (bicyclic) bond motifs is 2. The molecular formula is C15H19NO3. The average molecular weight is 261 g/mol. The Labute approximate surface area is 112 Å². The van der Waals surface area contributed by atoms with Crippen LogP contribution in [-0.2, 0) is 0 Å². The minimum Gasteiger partial charge on any atom is -0.454 e. The summed E-state index contributed by atoms with van der Waals surface area (Å²) in [4.78, 5) is 0. The molecule has 2 aliphatic heterocycles. The van der Waals surface area contributed by atoms with Gasteiger partial charge in [-0.15, -0.1) is 0 Å². The second-order valence-corrected chi connectivity index (χ2v) is 5.81. The Morgan fingerprint density at radius 3 is 3.00 bits per heavy atom. The van der Waals surface area contributed by atoms with E-state index in [2.05, 4.69) is 17.4 Å². The quantitative estimate of drug-likeness (QED) is 0.807. The summed E-state index contributed by atoms with van der Waals surface area (Å²) < 4.78 is 10.8. The molecule has 4 atom stereocenters. The van der Waals surface area contributed by atoms with E-state index in [0.29, 0.717) is 24.7 Å². The van der Waals surface area contributed by atoms with Crippen molar-refractivity contribution in [1.29, 1.82) is 0 Å². The van der Waals surface area contributed by atoms with Crippen molar-refractivity contribution in [2.75, 3.05) is 13.3 Å². The molecule has 19 heavy (non-hydrogen) atoms. The van der Waals surface area contributed by atoms with Gasteiger partial charge < -0.3 is 19.9 Å². The van der Waals surface area contributed by atoms with Crippen LogP contribution in [0.3, 0.4) is 0 Å². The number of benzene rings is 1. The van der Waals surface area contributed by atoms with Crippen molar-refractivity contribution >= 4 is 0 Å². The van der Waals surface area contributed by atoms with Gasteiger partial charge >= 0.3 is 0 Å². The second-order valence-electron chi connectivity index (χ2n) is 5.81. The molecule has 2 fully saturated rings. The van der Waals surface area contributed by atoms with Gasteiger partial charge in [0, 0.05) is 24.4 Å². The molecule has 1 aliphatic carbocycles. The standard InChI is InChI=1S/C15H19NO3/c17-12-3-1-2-11-15(12)10(7-16-11)9-4-5-13-14(6-9)19-8-18-13/h4-6,10-12,15-17H,1-3,7-8H2/t10-,11-,12+,15-/m0/s1. The fraction of sp³-hybridized carbons (Fsp3) is 0.600. The van der Waals surface area contributed by atoms with Crippen LogP contribution in [0.25, 0.3) is 0 Å². The van der Waals surface area contributed by atoms with Gasteiger partial charge in [0.05, 0.1) is 6.10 Å². The van der Waals surface area contributed by atoms with E-state index in [1.807, 2.05) is 6.07 Å². The maximum absolute atomic E-state index is 10.3. The third-order valence-electron chi connectivity index (χ3n) is 4.81. The van der Waals surface area contributed by atoms with E-state index < -0.39 is 0 Å². The van der Waals surface area contributed by atoms with E-state index in [1.54, 1.807) is 0 Å². The Hall–Kier alpha value is -1.26. The van der Waals surface area contributed by atoms with Crippen LogP contribution in [0.1, 0.15) is 30.7 Å². The van der Waals surface area contributed by atoms with Gasteiger partial charge in [-0.25, -0.2) is 0 Å². The zero-order valence-electron chi connectivity index (χ0n) is 10.8. The van der Waals surface area contributed by atoms with Crippen molar-refractivity contribution in [3.63, 3.8) is 0 Å². The van der Waals surface area contributed by atoms with E-state index in [0.717, 1.165) is 30.9 Å². The Morgan fingerprint density at radius 2 is 2.05 bits per heavy atom. The number of aliphatic hydroxyl groups excluding tert-OH is 1. The molecule has 4 nitrogen and oxygen atoms in total. The molecule has 0 aromatic heterocycles. The fourth-order valence-electron chi connectivity index (χ4n) is 3.88. The molecule has 0 spiro atoms. The van der Waals surface area contributed by atoms with E-state index >= 15 is 0 Å². The highest BCUT2D eigenvalue weighted by Crippen LogP contribution is 2.43. The van der Waals surface area contributed by atoms with E-state index in [1.165, 1.54) is 12.0 Å². The Balaban J connectivity index is 1.65. The molecule has 2 N–H and O–H groups in total. The van der Waals surface area contributed by atoms with Gasteiger partial charge in [0.1, 0.15) is 0 Å². The summed E-state index contributed by atoms with van der Waals surface area (Å²) >= 11 is 0. The van der Waals surface area contributed by atoms with Gasteiger partial charge in [0.15, 0.2) is 11.5 Å². The van der Waals surface area contributed by atoms with Gasteiger partial charge in [-0.05, 0) is 37.0 Å². The Morgan fingerprint density at radius 1 is 1.16 bits per heavy atom. The molecule has 3 aliphatic rings. The summed E-state index contributed by atoms with van der Waals surface area (Å²) in [5, 5.41) is 13.9. The third kappa shape index (κ3) is 1.82. The van der Waals surface area contributed by atoms with Crippen LogP contribution in [0, 0.1) is 5.92 Å². The number of hydrogen-bond acceptors (Lipinski definition) is 4. The van der Waals surface area contributed by atoms with Crippen LogP contribution in [0.4, 0.5) is 0 Å². The molecule has 2 heterocycles. The van der Waals surface area contributed by atoms with E-state index in [9.17, 15) is 5.11 Å². The lowest BCUT2D eigenvalue weighted by atomic mass is 9.75. The van der Waals surface area contributed by atoms with Crippen LogP contribution < -0.4 is 14.8 Å². The average Bonchev–Trinajstić information content (AvgIpc) is 3.04. The normalized spacial score (nSPS) is 36.3. The molecule has 1 saturated heterocycles. The van der Waals surface area contributed by atoms with Crippen LogP contribution >= 0.6 is 0 Å². The highest BCUT2D eigenvalue weighted by molar-refractivity contribution is 5.46. The summed E-state index contributed by atoms with van der Waals surface area (Å²) in [5.74, 6) is 2.39. The van der Waals surface area contributed by atoms with Crippen LogP contribution in [0.5, 0.6) is 11.5 Å². The molecule has 1 aromatic rings. The third-order valence-corrected chi connectivity index (χ3v) is 4.81. The van der Waals surface area contributed by atoms with Crippen molar-refractivity contribution in [3.8, 4) is 11.5 Å². The summed E-state index contributed by atoms with van der Waals surface area (Å²) in [6, 6.07) is 6.65. The fourth-order valence-corrected chi connectivity index (χ4v) is 3.88. The second kappa shape index (κ2) is 4.39. The lowest BCUT2D eigenvalue weighted by molar-refractivity contribution is 0.0575. The first kappa shape index (κ1) is 11.6. The number of ether oxygens (including phenoxy) is 2. The highest BCUT2D eigenvalue weighted by atomic mass is 16.7. The first-order valence-corrected chi connectivity index (χ1v) is 7.14. The van der Waals surface area contributed by atoms with Crippen molar-refractivity contribution in [3.05, 3.63) is 23.8 Å². The summed E-state index contributed by atoms with van der Waals surface area (Å²) in [7, 11) is 0. The monoisotopic (exact) mass is 261 g/mol. The van der Waals surface area contributed by atoms with Crippen LogP contribution in [0.2, 0.25) is 0 Å². The predicted octanol–water partition coefficient (Wildman–Crippen LogP) is 1.63. The van der Waals surface area contributed by atoms with Crippen molar-refractivity contribution < 1.29 is 14.6 Å². The number of aliphatic hydroxyl groups is 1. The smallest absolute Gasteiger partial charge is 0.231 e. The first-order chi connectivity index (χ1) is 9.33. The van der Waals surface area contributed by atoms with Crippen molar-refractivity contribution in [2.45, 2.75) is 37.3 Å². The topological polar surface area (TPSA) is 50.7 Å². The van der Waals surface area contributed by atoms with E-state index in [-0.39, 0.29) is 6.10 Å². The van der Waals surface area contributed by atoms with Crippen LogP contribution in [-0.4, -0.2) is 30.6 Å². The molecule has 102 valence electrons. The van der Waals surface area contributed by atoms with Crippen molar-refractivity contribution in [2.24, 2.45) is 5.92 Å². The summed E-state index contributed by atoms with van der Waals surface area (Å²) in [5.41, 5.74) is 1.25. The number of nitrogens with one attached hydrogen (secondary N) is 1. The summed E-state index contributed by atoms with van der Waals surface area (Å²) in [6.45, 7) is 1.27. The van der Waals surface area contributed by atoms with Crippen LogP contribution in [0.15, 0.2) is 18.2 Å². The van der Waals surface area contributed by atoms with Crippen molar-refractivity contribution in [1.82, 2.24) is 5.32 Å². The maximum atomic E-state index is 10.3. The molecular weight excluding hydrogens is 242 g/mol. The van der Waals surface area contributed by atoms with Gasteiger partial charge in [-0.3, -0.25) is 0 Å². The molecule has 1 aromatic carbocycles. The molecule has 4 rings (SSSR count). The largest absolute Gasteiger partial charge is 0.454 e. The molecule has 0 radical (unpaired) electrons. The lowest BCUT2D eigenvalue weighted by Crippen LogP contribution is -2.39. The maximum Gasteiger partial charge on any atom is 0.231 e. The minimum absolute atomic E-state index is 0.177. The molecule has 4 heteroatoms. The van der Waals surface area contributed by atoms with Gasteiger partial charge in [-0.2, -0.15) is 0 Å². The Bertz CT molecular complexity index is 490. The van der Waals surface area contributed by atoms with Gasteiger partial charge in [0.2, 0.25) is 6.79 Å². The highest BCUT2D eigenvalue weighted by Gasteiger charge is 2.43. The number of hydrogen-bond donors (Lipinski definition) is 2. The Kier molecular flexibility index (Phi) is 2.67. The molecule has 0 bridgehead atoms. The SMILES string of the molecule is O[C@@H]1CCC[C@@H]2NC[C@@H](c3ccc4c(c3)OCO4)[C@H]12. The zero-order chi connectivity index (χ0) is 12.8. The lowest BCUT2D eigenvalue weighted by Gasteiger charge is -2.33. The number of rotatable bonds is 1. The summed E-state index contributed by atoms with van der Waals surface area (Å²) in [6.07, 6.45) is 3.07. The van der Waals surface area contributed by atoms with Gasteiger partial charge in [-0.1, -0.05) is 6.07 Å². The first-order valence-electron chi connectivity index (χ1n) is 7.14. The van der Waals surface area contributed by atoms with Gasteiger partial charge in [0.25, 0.3) is 0 Å². The molecule has 0 amide bonds. The molecule has 0 unspecified atom stereocenters.